The maximum Gasteiger partial charge on any atom is 0.244 e. The summed E-state index contributed by atoms with van der Waals surface area (Å²) in [6.07, 6.45) is 5.72. The molecule has 0 radical (unpaired) electrons. The monoisotopic (exact) mass is 351 g/mol. The van der Waals surface area contributed by atoms with Crippen LogP contribution in [0.2, 0.25) is 0 Å². The lowest BCUT2D eigenvalue weighted by Crippen LogP contribution is -2.34. The van der Waals surface area contributed by atoms with Gasteiger partial charge in [-0.2, -0.15) is 0 Å². The molecular formula is C19H17N3O2S. The van der Waals surface area contributed by atoms with E-state index < -0.39 is 11.9 Å². The van der Waals surface area contributed by atoms with Crippen molar-refractivity contribution in [1.29, 1.82) is 0 Å². The van der Waals surface area contributed by atoms with E-state index in [0.29, 0.717) is 0 Å². The summed E-state index contributed by atoms with van der Waals surface area (Å²) in [4.78, 5) is 14.3. The first-order chi connectivity index (χ1) is 12.2. The number of aromatic nitrogens is 1. The number of hydrogen-bond donors (Lipinski definition) is 2. The molecule has 25 heavy (non-hydrogen) atoms. The van der Waals surface area contributed by atoms with Crippen molar-refractivity contribution < 1.29 is 9.90 Å². The van der Waals surface area contributed by atoms with Gasteiger partial charge in [-0.15, -0.1) is 11.8 Å². The van der Waals surface area contributed by atoms with Crippen molar-refractivity contribution in [2.24, 2.45) is 5.73 Å². The largest absolute Gasteiger partial charge is 0.508 e. The number of para-hydroxylation sites is 1. The first kappa shape index (κ1) is 15.7. The van der Waals surface area contributed by atoms with Gasteiger partial charge in [0.2, 0.25) is 5.91 Å². The molecule has 126 valence electrons. The molecule has 2 atom stereocenters. The van der Waals surface area contributed by atoms with Crippen LogP contribution in [0.5, 0.6) is 5.75 Å². The van der Waals surface area contributed by atoms with Gasteiger partial charge in [0.05, 0.1) is 5.52 Å². The minimum Gasteiger partial charge on any atom is -0.508 e. The fourth-order valence-corrected chi connectivity index (χ4v) is 4.29. The second-order valence-corrected chi connectivity index (χ2v) is 6.84. The molecule has 1 aliphatic rings. The average molecular weight is 351 g/mol. The lowest BCUT2D eigenvalue weighted by atomic mass is 10.0. The van der Waals surface area contributed by atoms with Gasteiger partial charge >= 0.3 is 0 Å². The van der Waals surface area contributed by atoms with Crippen molar-refractivity contribution in [3.05, 3.63) is 83.7 Å². The Morgan fingerprint density at radius 3 is 2.72 bits per heavy atom. The zero-order chi connectivity index (χ0) is 17.4. The Hall–Kier alpha value is -2.86. The summed E-state index contributed by atoms with van der Waals surface area (Å²) in [5.41, 5.74) is 8.32. The van der Waals surface area contributed by atoms with E-state index in [2.05, 4.69) is 0 Å². The van der Waals surface area contributed by atoms with Gasteiger partial charge in [-0.1, -0.05) is 24.3 Å². The highest BCUT2D eigenvalue weighted by Crippen LogP contribution is 2.46. The summed E-state index contributed by atoms with van der Waals surface area (Å²) in [5, 5.41) is 11.9. The van der Waals surface area contributed by atoms with E-state index in [1.54, 1.807) is 12.1 Å². The number of amides is 1. The van der Waals surface area contributed by atoms with Crippen LogP contribution < -0.4 is 5.73 Å². The van der Waals surface area contributed by atoms with E-state index in [0.717, 1.165) is 16.6 Å². The second kappa shape index (κ2) is 6.22. The van der Waals surface area contributed by atoms with Gasteiger partial charge in [0.15, 0.2) is 0 Å². The van der Waals surface area contributed by atoms with Gasteiger partial charge in [0.25, 0.3) is 0 Å². The number of nitrogens with zero attached hydrogens (tertiary/aromatic N) is 2. The molecule has 0 saturated heterocycles. The number of primary amides is 1. The van der Waals surface area contributed by atoms with E-state index >= 15 is 0 Å². The molecule has 1 aliphatic heterocycles. The molecule has 1 aromatic carbocycles. The molecule has 1 unspecified atom stereocenters. The number of aromatic hydroxyl groups is 1. The van der Waals surface area contributed by atoms with Crippen LogP contribution in [0.25, 0.3) is 5.52 Å². The molecule has 0 fully saturated rings. The van der Waals surface area contributed by atoms with Crippen LogP contribution in [-0.4, -0.2) is 20.3 Å². The fourth-order valence-electron chi connectivity index (χ4n) is 3.25. The summed E-state index contributed by atoms with van der Waals surface area (Å²) >= 11 is 1.54. The topological polar surface area (TPSA) is 71.0 Å². The average Bonchev–Trinajstić information content (AvgIpc) is 3.24. The third kappa shape index (κ3) is 2.64. The van der Waals surface area contributed by atoms with Gasteiger partial charge in [-0.05, 0) is 29.7 Å². The molecule has 3 N–H and O–H groups in total. The van der Waals surface area contributed by atoms with Gasteiger partial charge in [-0.3, -0.25) is 4.79 Å². The van der Waals surface area contributed by atoms with Crippen LogP contribution in [0.15, 0.2) is 72.5 Å². The van der Waals surface area contributed by atoms with Gasteiger partial charge in [-0.25, -0.2) is 0 Å². The molecule has 1 amide bonds. The molecule has 5 nitrogen and oxygen atoms in total. The van der Waals surface area contributed by atoms with Crippen molar-refractivity contribution in [3.8, 4) is 5.75 Å². The van der Waals surface area contributed by atoms with Crippen molar-refractivity contribution in [2.45, 2.75) is 11.4 Å². The second-order valence-electron chi connectivity index (χ2n) is 5.85. The lowest BCUT2D eigenvalue weighted by molar-refractivity contribution is -0.122. The molecule has 3 aromatic rings. The number of pyridine rings is 1. The molecular weight excluding hydrogens is 334 g/mol. The molecule has 4 rings (SSSR count). The van der Waals surface area contributed by atoms with E-state index in [1.165, 1.54) is 11.8 Å². The van der Waals surface area contributed by atoms with Crippen LogP contribution in [-0.2, 0) is 4.79 Å². The number of benzene rings is 1. The Balaban J connectivity index is 1.80. The van der Waals surface area contributed by atoms with Crippen LogP contribution in [0, 0.1) is 0 Å². The van der Waals surface area contributed by atoms with E-state index in [4.69, 9.17) is 5.73 Å². The number of phenols is 1. The Morgan fingerprint density at radius 1 is 1.12 bits per heavy atom. The third-order valence-electron chi connectivity index (χ3n) is 4.38. The molecule has 2 aromatic heterocycles. The highest BCUT2D eigenvalue weighted by molar-refractivity contribution is 8.02. The van der Waals surface area contributed by atoms with Gasteiger partial charge < -0.3 is 20.1 Å². The number of phenolic OH excluding ortho intramolecular Hbond substituents is 1. The summed E-state index contributed by atoms with van der Waals surface area (Å²) in [6, 6.07) is 14.3. The Labute approximate surface area is 149 Å². The normalized spacial score (nSPS) is 17.9. The fraction of sp³-hybridized carbons (Fsp3) is 0.105. The van der Waals surface area contributed by atoms with Crippen molar-refractivity contribution >= 4 is 23.2 Å². The van der Waals surface area contributed by atoms with Crippen molar-refractivity contribution in [3.63, 3.8) is 0 Å². The molecule has 0 spiro atoms. The predicted octanol–water partition coefficient (Wildman–Crippen LogP) is 3.39. The number of fused-ring (bicyclic) bond motifs is 1. The highest BCUT2D eigenvalue weighted by atomic mass is 32.2. The number of thioether (sulfide) groups is 1. The zero-order valence-corrected chi connectivity index (χ0v) is 14.1. The zero-order valence-electron chi connectivity index (χ0n) is 13.3. The maximum absolute atomic E-state index is 12.4. The Morgan fingerprint density at radius 2 is 1.92 bits per heavy atom. The number of carbonyl (C=O) groups is 1. The van der Waals surface area contributed by atoms with Crippen LogP contribution in [0.1, 0.15) is 22.5 Å². The van der Waals surface area contributed by atoms with E-state index in [1.807, 2.05) is 69.7 Å². The highest BCUT2D eigenvalue weighted by Gasteiger charge is 2.35. The quantitative estimate of drug-likeness (QED) is 0.756. The van der Waals surface area contributed by atoms with E-state index in [-0.39, 0.29) is 11.1 Å². The van der Waals surface area contributed by atoms with E-state index in [9.17, 15) is 9.90 Å². The lowest BCUT2D eigenvalue weighted by Gasteiger charge is -2.31. The molecule has 3 heterocycles. The minimum absolute atomic E-state index is 0.207. The Kier molecular flexibility index (Phi) is 3.89. The van der Waals surface area contributed by atoms with Gasteiger partial charge in [0.1, 0.15) is 17.2 Å². The smallest absolute Gasteiger partial charge is 0.244 e. The molecule has 0 saturated carbocycles. The molecule has 0 bridgehead atoms. The van der Waals surface area contributed by atoms with Crippen LogP contribution in [0.3, 0.4) is 0 Å². The number of rotatable bonds is 4. The third-order valence-corrected chi connectivity index (χ3v) is 5.41. The van der Waals surface area contributed by atoms with Crippen LogP contribution in [0.4, 0.5) is 0 Å². The van der Waals surface area contributed by atoms with Crippen molar-refractivity contribution in [2.75, 3.05) is 0 Å². The van der Waals surface area contributed by atoms with Crippen molar-refractivity contribution in [1.82, 2.24) is 9.30 Å². The first-order valence-electron chi connectivity index (χ1n) is 7.89. The predicted molar refractivity (Wildman–Crippen MR) is 98.8 cm³/mol. The maximum atomic E-state index is 12.4. The number of carbonyl (C=O) groups excluding carboxylic acids is 1. The Bertz CT molecular complexity index is 966. The summed E-state index contributed by atoms with van der Waals surface area (Å²) < 4.78 is 1.97. The van der Waals surface area contributed by atoms with Gasteiger partial charge in [0, 0.05) is 29.7 Å². The number of hydrogen-bond acceptors (Lipinski definition) is 4. The summed E-state index contributed by atoms with van der Waals surface area (Å²) in [6.45, 7) is 0. The first-order valence-corrected chi connectivity index (χ1v) is 8.83. The summed E-state index contributed by atoms with van der Waals surface area (Å²) in [5.74, 6) is -0.219. The SMILES string of the molecule is NC(=O)C(c1ccn2ccccc12)N1C=CS[C@H]1c1ccccc1O. The molecule has 6 heteroatoms. The molecule has 0 aliphatic carbocycles. The standard InChI is InChI=1S/C19H17N3O2S/c20-18(24)17(13-8-10-21-9-4-3-6-15(13)21)22-11-12-25-19(22)14-5-1-2-7-16(14)23/h1-12,17,19,23H,(H2,20,24)/t17?,19-/m0/s1. The van der Waals surface area contributed by atoms with Crippen LogP contribution >= 0.6 is 11.8 Å². The summed E-state index contributed by atoms with van der Waals surface area (Å²) in [7, 11) is 0. The number of nitrogens with two attached hydrogens (primary N) is 1. The minimum atomic E-state index is -0.622.